The maximum atomic E-state index is 10.8. The van der Waals surface area contributed by atoms with Crippen LogP contribution in [0.25, 0.3) is 0 Å². The largest absolute Gasteiger partial charge is 0.479 e. The minimum atomic E-state index is -1.24. The Hall–Kier alpha value is -0.650. The molecule has 1 saturated heterocycles. The van der Waals surface area contributed by atoms with E-state index in [0.29, 0.717) is 0 Å². The van der Waals surface area contributed by atoms with Crippen molar-refractivity contribution in [3.8, 4) is 0 Å². The third kappa shape index (κ3) is 2.30. The minimum Gasteiger partial charge on any atom is -0.479 e. The summed E-state index contributed by atoms with van der Waals surface area (Å²) in [5, 5.41) is 28.3. The predicted molar refractivity (Wildman–Crippen MR) is 52.3 cm³/mol. The van der Waals surface area contributed by atoms with Crippen LogP contribution in [-0.4, -0.2) is 45.7 Å². The summed E-state index contributed by atoms with van der Waals surface area (Å²) in [6, 6.07) is 0. The van der Waals surface area contributed by atoms with E-state index in [1.54, 1.807) is 6.92 Å². The van der Waals surface area contributed by atoms with Crippen LogP contribution in [0.5, 0.6) is 0 Å². The smallest absolute Gasteiger partial charge is 0.335 e. The second-order valence-electron chi connectivity index (χ2n) is 4.44. The topological polar surface area (TPSA) is 87.0 Å². The molecular formula is C10H18O5. The average molecular weight is 218 g/mol. The van der Waals surface area contributed by atoms with E-state index in [1.807, 2.05) is 13.8 Å². The van der Waals surface area contributed by atoms with E-state index >= 15 is 0 Å². The van der Waals surface area contributed by atoms with Crippen LogP contribution in [0.15, 0.2) is 0 Å². The molecule has 1 aliphatic rings. The number of hydrogen-bond acceptors (Lipinski definition) is 4. The van der Waals surface area contributed by atoms with Gasteiger partial charge in [-0.25, -0.2) is 4.79 Å². The zero-order valence-corrected chi connectivity index (χ0v) is 9.12. The summed E-state index contributed by atoms with van der Waals surface area (Å²) in [5.74, 6) is -1.67. The van der Waals surface area contributed by atoms with Crippen LogP contribution in [0.1, 0.15) is 20.8 Å². The van der Waals surface area contributed by atoms with Gasteiger partial charge in [-0.15, -0.1) is 0 Å². The Labute approximate surface area is 88.7 Å². The van der Waals surface area contributed by atoms with E-state index in [-0.39, 0.29) is 5.92 Å². The fourth-order valence-electron chi connectivity index (χ4n) is 1.86. The van der Waals surface area contributed by atoms with E-state index in [4.69, 9.17) is 9.84 Å². The molecule has 5 heteroatoms. The van der Waals surface area contributed by atoms with Gasteiger partial charge in [0.25, 0.3) is 0 Å². The van der Waals surface area contributed by atoms with Crippen molar-refractivity contribution >= 4 is 5.97 Å². The van der Waals surface area contributed by atoms with Gasteiger partial charge in [-0.3, -0.25) is 0 Å². The van der Waals surface area contributed by atoms with Gasteiger partial charge in [0.2, 0.25) is 0 Å². The zero-order chi connectivity index (χ0) is 11.7. The highest BCUT2D eigenvalue weighted by atomic mass is 16.5. The lowest BCUT2D eigenvalue weighted by Gasteiger charge is -2.41. The number of carboxylic acids is 1. The third-order valence-corrected chi connectivity index (χ3v) is 2.93. The fourth-order valence-corrected chi connectivity index (χ4v) is 1.86. The number of aliphatic hydroxyl groups excluding tert-OH is 2. The first-order valence-electron chi connectivity index (χ1n) is 5.10. The number of ether oxygens (including phenoxy) is 1. The molecule has 0 aromatic heterocycles. The first-order valence-corrected chi connectivity index (χ1v) is 5.10. The van der Waals surface area contributed by atoms with Gasteiger partial charge >= 0.3 is 5.97 Å². The Kier molecular flexibility index (Phi) is 3.70. The molecule has 0 radical (unpaired) electrons. The molecule has 0 aromatic rings. The zero-order valence-electron chi connectivity index (χ0n) is 9.12. The van der Waals surface area contributed by atoms with Gasteiger partial charge in [0, 0.05) is 5.92 Å². The maximum absolute atomic E-state index is 10.8. The molecule has 5 nitrogen and oxygen atoms in total. The summed E-state index contributed by atoms with van der Waals surface area (Å²) in [4.78, 5) is 10.8. The second kappa shape index (κ2) is 4.47. The first kappa shape index (κ1) is 12.4. The van der Waals surface area contributed by atoms with E-state index in [2.05, 4.69) is 0 Å². The Morgan fingerprint density at radius 2 is 1.80 bits per heavy atom. The molecule has 5 atom stereocenters. The molecule has 1 fully saturated rings. The molecule has 88 valence electrons. The number of hydrogen-bond donors (Lipinski definition) is 3. The summed E-state index contributed by atoms with van der Waals surface area (Å²) >= 11 is 0. The van der Waals surface area contributed by atoms with Crippen LogP contribution in [0, 0.1) is 11.8 Å². The average Bonchev–Trinajstić information content (AvgIpc) is 2.13. The molecule has 0 spiro atoms. The van der Waals surface area contributed by atoms with Crippen LogP contribution in [0.3, 0.4) is 0 Å². The molecule has 0 bridgehead atoms. The molecule has 5 unspecified atom stereocenters. The van der Waals surface area contributed by atoms with E-state index in [0.717, 1.165) is 0 Å². The van der Waals surface area contributed by atoms with Gasteiger partial charge < -0.3 is 20.1 Å². The molecule has 1 rings (SSSR count). The van der Waals surface area contributed by atoms with Gasteiger partial charge in [-0.2, -0.15) is 0 Å². The van der Waals surface area contributed by atoms with Crippen molar-refractivity contribution in [3.05, 3.63) is 0 Å². The van der Waals surface area contributed by atoms with Crippen LogP contribution < -0.4 is 0 Å². The summed E-state index contributed by atoms with van der Waals surface area (Å²) in [5.41, 5.74) is 0. The van der Waals surface area contributed by atoms with Crippen LogP contribution in [0.4, 0.5) is 0 Å². The van der Waals surface area contributed by atoms with Crippen molar-refractivity contribution in [3.63, 3.8) is 0 Å². The van der Waals surface area contributed by atoms with Crippen molar-refractivity contribution in [1.29, 1.82) is 0 Å². The lowest BCUT2D eigenvalue weighted by Crippen LogP contribution is -2.57. The van der Waals surface area contributed by atoms with Crippen LogP contribution >= 0.6 is 0 Å². The summed E-state index contributed by atoms with van der Waals surface area (Å²) in [7, 11) is 0. The molecule has 1 heterocycles. The lowest BCUT2D eigenvalue weighted by atomic mass is 9.84. The summed E-state index contributed by atoms with van der Waals surface area (Å²) in [6.07, 6.45) is -3.76. The van der Waals surface area contributed by atoms with Gasteiger partial charge in [-0.05, 0) is 5.92 Å². The monoisotopic (exact) mass is 218 g/mol. The van der Waals surface area contributed by atoms with Crippen molar-refractivity contribution in [1.82, 2.24) is 0 Å². The van der Waals surface area contributed by atoms with Crippen LogP contribution in [0.2, 0.25) is 0 Å². The molecule has 1 aliphatic heterocycles. The highest BCUT2D eigenvalue weighted by Gasteiger charge is 2.45. The van der Waals surface area contributed by atoms with Crippen molar-refractivity contribution in [2.75, 3.05) is 0 Å². The Morgan fingerprint density at radius 3 is 2.20 bits per heavy atom. The lowest BCUT2D eigenvalue weighted by molar-refractivity contribution is -0.217. The third-order valence-electron chi connectivity index (χ3n) is 2.93. The van der Waals surface area contributed by atoms with Crippen molar-refractivity contribution in [2.24, 2.45) is 11.8 Å². The van der Waals surface area contributed by atoms with Crippen molar-refractivity contribution < 1.29 is 24.9 Å². The van der Waals surface area contributed by atoms with Gasteiger partial charge in [0.1, 0.15) is 0 Å². The molecule has 0 aromatic carbocycles. The Bertz CT molecular complexity index is 240. The number of rotatable bonds is 2. The molecule has 0 aliphatic carbocycles. The number of carboxylic acid groups (broad SMARTS) is 1. The highest BCUT2D eigenvalue weighted by Crippen LogP contribution is 2.29. The number of aliphatic carboxylic acids is 1. The Morgan fingerprint density at radius 1 is 1.27 bits per heavy atom. The number of carbonyl (C=O) groups is 1. The summed E-state index contributed by atoms with van der Waals surface area (Å²) < 4.78 is 5.20. The quantitative estimate of drug-likeness (QED) is 0.600. The first-order chi connectivity index (χ1) is 6.86. The second-order valence-corrected chi connectivity index (χ2v) is 4.44. The maximum Gasteiger partial charge on any atom is 0.335 e. The predicted octanol–water partition coefficient (Wildman–Crippen LogP) is -0.148. The Balaban J connectivity index is 2.85. The van der Waals surface area contributed by atoms with Crippen molar-refractivity contribution in [2.45, 2.75) is 45.2 Å². The summed E-state index contributed by atoms with van der Waals surface area (Å²) in [6.45, 7) is 5.32. The van der Waals surface area contributed by atoms with Crippen LogP contribution in [-0.2, 0) is 9.53 Å². The molecule has 0 saturated carbocycles. The standard InChI is InChI=1S/C10H18O5/c1-4(2)8-6(11)5(3)7(12)9(15-8)10(13)14/h4-9,11-12H,1-3H3,(H,13,14). The highest BCUT2D eigenvalue weighted by molar-refractivity contribution is 5.73. The number of aliphatic hydroxyl groups is 2. The van der Waals surface area contributed by atoms with E-state index < -0.39 is 36.3 Å². The molecule has 15 heavy (non-hydrogen) atoms. The van der Waals surface area contributed by atoms with Gasteiger partial charge in [0.15, 0.2) is 6.10 Å². The molecule has 3 N–H and O–H groups in total. The fraction of sp³-hybridized carbons (Fsp3) is 0.900. The van der Waals surface area contributed by atoms with Gasteiger partial charge in [0.05, 0.1) is 18.3 Å². The van der Waals surface area contributed by atoms with E-state index in [1.165, 1.54) is 0 Å². The molecule has 0 amide bonds. The normalized spacial score (nSPS) is 41.9. The molecular weight excluding hydrogens is 200 g/mol. The van der Waals surface area contributed by atoms with Gasteiger partial charge in [-0.1, -0.05) is 20.8 Å². The van der Waals surface area contributed by atoms with E-state index in [9.17, 15) is 15.0 Å². The minimum absolute atomic E-state index is 0.0109. The SMILES string of the molecule is CC(C)C1OC(C(=O)O)C(O)C(C)C1O.